The fourth-order valence-corrected chi connectivity index (χ4v) is 19.0. The number of aromatic hydroxyl groups is 1. The Kier molecular flexibility index (Phi) is 41.8. The first kappa shape index (κ1) is 108. The summed E-state index contributed by atoms with van der Waals surface area (Å²) in [4.78, 5) is 64.7. The van der Waals surface area contributed by atoms with Crippen LogP contribution in [-0.2, 0) is 77.4 Å². The summed E-state index contributed by atoms with van der Waals surface area (Å²) in [5.41, 5.74) is 4.76. The van der Waals surface area contributed by atoms with E-state index < -0.39 is 69.4 Å². The van der Waals surface area contributed by atoms with Gasteiger partial charge in [0.1, 0.15) is 24.3 Å². The lowest BCUT2D eigenvalue weighted by atomic mass is 9.93. The zero-order valence-corrected chi connectivity index (χ0v) is 80.4. The summed E-state index contributed by atoms with van der Waals surface area (Å²) in [5, 5.41) is 33.0. The number of phenolic OH excluding ortho intramolecular Hbond substituents is 1. The van der Waals surface area contributed by atoms with Crippen LogP contribution in [0, 0.1) is 23.7 Å². The minimum Gasteiger partial charge on any atom is -0.504 e. The van der Waals surface area contributed by atoms with Crippen molar-refractivity contribution in [3.63, 3.8) is 0 Å². The van der Waals surface area contributed by atoms with E-state index in [1.807, 2.05) is 12.1 Å². The van der Waals surface area contributed by atoms with Gasteiger partial charge in [-0.25, -0.2) is 73.1 Å². The summed E-state index contributed by atoms with van der Waals surface area (Å²) < 4.78 is 189. The van der Waals surface area contributed by atoms with Crippen molar-refractivity contribution in [2.75, 3.05) is 153 Å². The van der Waals surface area contributed by atoms with E-state index in [1.54, 1.807) is 48.8 Å². The standard InChI is InChI=1S/C22H32N5O7PS.C19H26N4O5S.C17H24N4O4S.C16H24N5O7PS.C6H10ClO3P/c1-4-12-32-35(28,33-13-5-2)34-21-14-18-19(15-20(21)31-3)24-16-25-22(18)27-10-7-17(8-11-27)6-9-26-36(23,29)30;1-13(24)28-19-11-15-16(12-18(19)27-2)21-7-4-17(15)23-9-5-14(6-10-23)3-8-22-29(20,25)26;1-25-17-11-14-13(10-16(17)22)15(3-6-19-14)21-8-4-12(5-9-21)2-7-20-26(18,23)24;1-27-14-9-13-12(8-15(14)28-29(22,23)24)16(19-10-18-13)21-6-3-11(4-7-21)2-5-20-30(17,25)26;1-3-5-9-11(7,8)10-6-4-2/h4-5,14-17,26H,1-2,6-13H2,3H3,(H2,23,29,30);4,7,11-12,14,22H,3,5-6,8-10H2,1-2H3,(H2,20,25,26);3,6,10-12,20,22H,2,4-5,7-9H2,1H3,(H2,18,23,24);8-11,20H,2-7H2,1H3,(H2,17,25,26)(H2,22,23,24);3-4H,1-2,5-6H2. The number of phenols is 1. The molecule has 4 saturated heterocycles. The van der Waals surface area contributed by atoms with Crippen molar-refractivity contribution < 1.29 is 118 Å². The fourth-order valence-electron chi connectivity index (χ4n) is 14.8. The van der Waals surface area contributed by atoms with Crippen molar-refractivity contribution in [2.24, 2.45) is 44.2 Å². The minimum absolute atomic E-state index is 0.0413. The van der Waals surface area contributed by atoms with Gasteiger partial charge in [0.05, 0.1) is 76.9 Å². The van der Waals surface area contributed by atoms with Gasteiger partial charge in [-0.1, -0.05) is 24.3 Å². The predicted octanol–water partition coefficient (Wildman–Crippen LogP) is 9.10. The second-order valence-corrected chi connectivity index (χ2v) is 41.2. The molecule has 0 bridgehead atoms. The summed E-state index contributed by atoms with van der Waals surface area (Å²) in [7, 11) is -17.5. The number of piperidine rings is 4. The lowest BCUT2D eigenvalue weighted by Gasteiger charge is -2.34. The highest BCUT2D eigenvalue weighted by Gasteiger charge is 2.33. The van der Waals surface area contributed by atoms with Crippen molar-refractivity contribution in [3.05, 3.63) is 136 Å². The van der Waals surface area contributed by atoms with Crippen LogP contribution in [0.3, 0.4) is 0 Å². The molecule has 728 valence electrons. The van der Waals surface area contributed by atoms with Crippen LogP contribution in [0.2, 0.25) is 0 Å². The molecule has 8 heterocycles. The maximum Gasteiger partial charge on any atom is 0.530 e. The van der Waals surface area contributed by atoms with E-state index in [2.05, 4.69) is 104 Å². The minimum atomic E-state index is -4.78. The number of hydrogen-bond acceptors (Lipinski definition) is 34. The molecular weight excluding hydrogens is 1890 g/mol. The van der Waals surface area contributed by atoms with E-state index in [0.717, 1.165) is 137 Å². The van der Waals surface area contributed by atoms with Crippen LogP contribution in [-0.4, -0.2) is 218 Å². The SMILES string of the molecule is C=CCOP(=O)(Cl)OCC=C.C=CCOP(=O)(OCC=C)Oc1cc2c(N3CCC(CCNS(N)(=O)=O)CC3)ncnc2cc1OC.COc1cc2nccc(N3CCC(CCNS(N)(=O)=O)CC3)c2cc1O.COc1cc2nccc(N3CCC(CCNS(N)(=O)=O)CC3)c2cc1OC(C)=O.COc1cc2ncnc(N3CCC(CCNS(N)(=O)=O)CC3)c2cc1OP(=O)(O)O. The molecular formula is C80H116ClN18O26P3S4. The molecule has 0 unspecified atom stereocenters. The monoisotopic (exact) mass is 2000 g/mol. The van der Waals surface area contributed by atoms with Gasteiger partial charge in [0, 0.05) is 166 Å². The van der Waals surface area contributed by atoms with Crippen LogP contribution in [0.4, 0.5) is 23.0 Å². The number of ether oxygens (including phenoxy) is 5. The Balaban J connectivity index is 0.000000210. The quantitative estimate of drug-likeness (QED) is 0.00736. The number of nitrogens with one attached hydrogen (secondary N) is 4. The smallest absolute Gasteiger partial charge is 0.504 e. The molecule has 15 N–H and O–H groups in total. The molecule has 44 nitrogen and oxygen atoms in total. The van der Waals surface area contributed by atoms with Crippen LogP contribution >= 0.6 is 33.8 Å². The van der Waals surface area contributed by atoms with Gasteiger partial charge in [-0.15, -0.1) is 26.3 Å². The Morgan fingerprint density at radius 1 is 0.439 bits per heavy atom. The lowest BCUT2D eigenvalue weighted by molar-refractivity contribution is -0.132. The van der Waals surface area contributed by atoms with Gasteiger partial charge in [0.2, 0.25) is 0 Å². The Hall–Kier alpha value is -9.17. The summed E-state index contributed by atoms with van der Waals surface area (Å²) in [5.74, 6) is 4.34. The number of aromatic nitrogens is 6. The van der Waals surface area contributed by atoms with Crippen molar-refractivity contribution in [3.8, 4) is 46.0 Å². The van der Waals surface area contributed by atoms with Crippen LogP contribution in [0.1, 0.15) is 84.0 Å². The van der Waals surface area contributed by atoms with E-state index in [0.29, 0.717) is 132 Å². The predicted molar refractivity (Wildman–Crippen MR) is 503 cm³/mol. The van der Waals surface area contributed by atoms with Crippen LogP contribution in [0.25, 0.3) is 43.6 Å². The number of esters is 1. The maximum atomic E-state index is 13.2. The average molecular weight is 2000 g/mol. The molecule has 0 amide bonds. The Morgan fingerprint density at radius 3 is 1.07 bits per heavy atom. The first-order valence-electron chi connectivity index (χ1n) is 41.4. The van der Waals surface area contributed by atoms with E-state index >= 15 is 0 Å². The normalized spacial score (nSPS) is 15.3. The highest BCUT2D eigenvalue weighted by atomic mass is 35.7. The van der Waals surface area contributed by atoms with Crippen LogP contribution in [0.5, 0.6) is 46.0 Å². The molecule has 8 aromatic rings. The molecule has 0 spiro atoms. The van der Waals surface area contributed by atoms with Gasteiger partial charge in [0.15, 0.2) is 46.0 Å². The third kappa shape index (κ3) is 35.6. The van der Waals surface area contributed by atoms with E-state index in [4.69, 9.17) is 73.6 Å². The highest BCUT2D eigenvalue weighted by Crippen LogP contribution is 2.54. The number of phosphoric ester groups is 2. The number of methoxy groups -OCH3 is 4. The van der Waals surface area contributed by atoms with E-state index in [-0.39, 0.29) is 49.4 Å². The number of anilines is 4. The van der Waals surface area contributed by atoms with Crippen molar-refractivity contribution >= 4 is 147 Å². The molecule has 0 atom stereocenters. The average Bonchev–Trinajstić information content (AvgIpc) is 0.785. The van der Waals surface area contributed by atoms with Gasteiger partial charge >= 0.3 is 28.6 Å². The molecule has 4 aromatic carbocycles. The van der Waals surface area contributed by atoms with E-state index in [9.17, 15) is 67.1 Å². The summed E-state index contributed by atoms with van der Waals surface area (Å²) in [6, 6.07) is 17.2. The number of pyridine rings is 2. The number of rotatable bonds is 41. The molecule has 4 aliphatic rings. The molecule has 52 heteroatoms. The Labute approximate surface area is 772 Å². The molecule has 132 heavy (non-hydrogen) atoms. The first-order valence-corrected chi connectivity index (χ1v) is 53.0. The van der Waals surface area contributed by atoms with Gasteiger partial charge in [-0.05, 0) is 137 Å². The third-order valence-corrected chi connectivity index (χ3v) is 26.8. The molecule has 12 rings (SSSR count). The van der Waals surface area contributed by atoms with Gasteiger partial charge in [0.25, 0.3) is 40.8 Å². The van der Waals surface area contributed by atoms with Crippen molar-refractivity contribution in [1.82, 2.24) is 48.8 Å². The number of phosphoric acid groups is 2. The summed E-state index contributed by atoms with van der Waals surface area (Å²) in [6.45, 7) is 19.5. The molecule has 4 fully saturated rings. The Bertz CT molecular complexity index is 5850. The largest absolute Gasteiger partial charge is 0.530 e. The maximum absolute atomic E-state index is 13.2. The van der Waals surface area contributed by atoms with Crippen LogP contribution < -0.4 is 91.8 Å². The number of hydrogen-bond donors (Lipinski definition) is 11. The molecule has 0 saturated carbocycles. The second kappa shape index (κ2) is 51.0. The number of halogens is 1. The number of carbonyl (C=O) groups is 1. The van der Waals surface area contributed by atoms with Gasteiger partial charge in [-0.2, -0.15) is 33.7 Å². The molecule has 0 aliphatic carbocycles. The number of nitrogens with zero attached hydrogens (tertiary/aromatic N) is 10. The number of fused-ring (bicyclic) bond motifs is 4. The summed E-state index contributed by atoms with van der Waals surface area (Å²) >= 11 is 5.31. The topological polar surface area (TPSA) is 610 Å². The Morgan fingerprint density at radius 2 is 0.742 bits per heavy atom. The molecule has 4 aromatic heterocycles. The van der Waals surface area contributed by atoms with Gasteiger partial charge in [-0.3, -0.25) is 42.6 Å². The molecule has 0 radical (unpaired) electrons. The first-order chi connectivity index (χ1) is 62.5. The highest BCUT2D eigenvalue weighted by molar-refractivity contribution is 7.88. The van der Waals surface area contributed by atoms with E-state index in [1.165, 1.54) is 84.5 Å². The number of benzene rings is 4. The van der Waals surface area contributed by atoms with Crippen molar-refractivity contribution in [1.29, 1.82) is 0 Å². The van der Waals surface area contributed by atoms with Gasteiger partial charge < -0.3 is 57.4 Å². The van der Waals surface area contributed by atoms with Crippen molar-refractivity contribution in [2.45, 2.75) is 84.0 Å². The molecule has 4 aliphatic heterocycles. The lowest BCUT2D eigenvalue weighted by Crippen LogP contribution is -2.37. The number of carbonyl (C=O) groups excluding carboxylic acids is 1. The number of nitrogens with two attached hydrogens (primary N) is 4. The second-order valence-electron chi connectivity index (χ2n) is 30.3. The third-order valence-electron chi connectivity index (χ3n) is 21.1. The zero-order valence-electron chi connectivity index (χ0n) is 73.7. The summed E-state index contributed by atoms with van der Waals surface area (Å²) in [6.07, 6.45) is 22.3. The fraction of sp³-hybridized carbons (Fsp3) is 0.463. The zero-order chi connectivity index (χ0) is 96.6. The van der Waals surface area contributed by atoms with Crippen LogP contribution in [0.15, 0.2) is 136 Å².